The van der Waals surface area contributed by atoms with Crippen LogP contribution in [0.2, 0.25) is 0 Å². The van der Waals surface area contributed by atoms with Crippen molar-refractivity contribution in [2.24, 2.45) is 0 Å². The van der Waals surface area contributed by atoms with Crippen molar-refractivity contribution in [3.05, 3.63) is 23.8 Å². The molecule has 0 fully saturated rings. The lowest BCUT2D eigenvalue weighted by Gasteiger charge is -2.08. The van der Waals surface area contributed by atoms with E-state index in [4.69, 9.17) is 0 Å². The van der Waals surface area contributed by atoms with Gasteiger partial charge in [-0.1, -0.05) is 6.07 Å². The fourth-order valence-electron chi connectivity index (χ4n) is 1.36. The molecule has 16 heavy (non-hydrogen) atoms. The summed E-state index contributed by atoms with van der Waals surface area (Å²) >= 11 is 0. The number of carbonyl (C=O) groups excluding carboxylic acids is 1. The number of benzene rings is 1. The number of sulfone groups is 1. The molecule has 0 unspecified atom stereocenters. The van der Waals surface area contributed by atoms with E-state index in [2.05, 4.69) is 5.32 Å². The molecular formula is C10H13NO4S. The third-order valence-electron chi connectivity index (χ3n) is 2.02. The van der Waals surface area contributed by atoms with Crippen LogP contribution >= 0.6 is 0 Å². The predicted octanol–water partition coefficient (Wildman–Crippen LogP) is 0.198. The van der Waals surface area contributed by atoms with Gasteiger partial charge in [0.05, 0.1) is 17.0 Å². The Hall–Kier alpha value is -1.40. The third kappa shape index (κ3) is 2.59. The Morgan fingerprint density at radius 3 is 2.56 bits per heavy atom. The fraction of sp³-hybridized carbons (Fsp3) is 0.300. The molecule has 0 aliphatic carbocycles. The van der Waals surface area contributed by atoms with Gasteiger partial charge in [-0.2, -0.15) is 0 Å². The summed E-state index contributed by atoms with van der Waals surface area (Å²) < 4.78 is 22.9. The van der Waals surface area contributed by atoms with Gasteiger partial charge in [0.1, 0.15) is 5.75 Å². The summed E-state index contributed by atoms with van der Waals surface area (Å²) in [5.41, 5.74) is -0.153. The van der Waals surface area contributed by atoms with Gasteiger partial charge in [-0.3, -0.25) is 4.79 Å². The molecule has 0 spiro atoms. The van der Waals surface area contributed by atoms with Crippen LogP contribution in [-0.2, 0) is 9.84 Å². The van der Waals surface area contributed by atoms with E-state index in [1.807, 2.05) is 0 Å². The SMILES string of the molecule is CNCC(=O)c1c(O)cccc1S(C)(=O)=O. The van der Waals surface area contributed by atoms with Crippen molar-refractivity contribution in [3.8, 4) is 5.75 Å². The van der Waals surface area contributed by atoms with Crippen LogP contribution in [-0.4, -0.2) is 39.2 Å². The van der Waals surface area contributed by atoms with E-state index in [0.29, 0.717) is 0 Å². The molecule has 0 heterocycles. The largest absolute Gasteiger partial charge is 0.507 e. The first kappa shape index (κ1) is 12.7. The van der Waals surface area contributed by atoms with E-state index in [1.54, 1.807) is 7.05 Å². The summed E-state index contributed by atoms with van der Waals surface area (Å²) in [5, 5.41) is 12.2. The molecule has 0 bridgehead atoms. The summed E-state index contributed by atoms with van der Waals surface area (Å²) in [6.07, 6.45) is 0.998. The van der Waals surface area contributed by atoms with Gasteiger partial charge < -0.3 is 10.4 Å². The van der Waals surface area contributed by atoms with Gasteiger partial charge >= 0.3 is 0 Å². The van der Waals surface area contributed by atoms with Crippen LogP contribution in [0.15, 0.2) is 23.1 Å². The van der Waals surface area contributed by atoms with E-state index >= 15 is 0 Å². The van der Waals surface area contributed by atoms with E-state index < -0.39 is 15.6 Å². The maximum Gasteiger partial charge on any atom is 0.181 e. The minimum absolute atomic E-state index is 0.0277. The number of aromatic hydroxyl groups is 1. The predicted molar refractivity (Wildman–Crippen MR) is 59.5 cm³/mol. The number of likely N-dealkylation sites (N-methyl/N-ethyl adjacent to an activating group) is 1. The number of Topliss-reactive ketones (excluding diaryl/α,β-unsaturated/α-hetero) is 1. The van der Waals surface area contributed by atoms with Gasteiger partial charge in [0.15, 0.2) is 15.6 Å². The normalized spacial score (nSPS) is 11.4. The molecule has 0 saturated heterocycles. The fourth-order valence-corrected chi connectivity index (χ4v) is 2.27. The Labute approximate surface area is 94.0 Å². The highest BCUT2D eigenvalue weighted by Gasteiger charge is 2.21. The first-order valence-corrected chi connectivity index (χ1v) is 6.47. The monoisotopic (exact) mass is 243 g/mol. The number of rotatable bonds is 4. The number of phenols is 1. The van der Waals surface area contributed by atoms with Crippen LogP contribution in [0.3, 0.4) is 0 Å². The second-order valence-corrected chi connectivity index (χ2v) is 5.36. The van der Waals surface area contributed by atoms with E-state index in [-0.39, 0.29) is 22.8 Å². The number of ketones is 1. The smallest absolute Gasteiger partial charge is 0.181 e. The molecule has 1 aromatic carbocycles. The first-order chi connectivity index (χ1) is 7.38. The molecule has 0 aliphatic heterocycles. The van der Waals surface area contributed by atoms with E-state index in [9.17, 15) is 18.3 Å². The van der Waals surface area contributed by atoms with Crippen molar-refractivity contribution in [3.63, 3.8) is 0 Å². The van der Waals surface area contributed by atoms with Gasteiger partial charge in [0.2, 0.25) is 0 Å². The second-order valence-electron chi connectivity index (χ2n) is 3.38. The van der Waals surface area contributed by atoms with Crippen LogP contribution in [0, 0.1) is 0 Å². The maximum atomic E-state index is 11.6. The lowest BCUT2D eigenvalue weighted by atomic mass is 10.1. The van der Waals surface area contributed by atoms with Crippen molar-refractivity contribution in [1.29, 1.82) is 0 Å². The molecule has 0 atom stereocenters. The average Bonchev–Trinajstić information content (AvgIpc) is 2.16. The number of hydrogen-bond acceptors (Lipinski definition) is 5. The molecule has 0 saturated carbocycles. The Balaban J connectivity index is 3.41. The van der Waals surface area contributed by atoms with Crippen LogP contribution in [0.5, 0.6) is 5.75 Å². The van der Waals surface area contributed by atoms with E-state index in [1.165, 1.54) is 18.2 Å². The summed E-state index contributed by atoms with van der Waals surface area (Å²) in [6.45, 7) is -0.0277. The third-order valence-corrected chi connectivity index (χ3v) is 3.16. The Morgan fingerprint density at radius 1 is 1.44 bits per heavy atom. The topological polar surface area (TPSA) is 83.5 Å². The van der Waals surface area contributed by atoms with Crippen LogP contribution in [0.4, 0.5) is 0 Å². The molecule has 1 rings (SSSR count). The van der Waals surface area contributed by atoms with Gasteiger partial charge in [-0.05, 0) is 19.2 Å². The average molecular weight is 243 g/mol. The minimum atomic E-state index is -3.53. The highest BCUT2D eigenvalue weighted by molar-refractivity contribution is 7.90. The number of carbonyl (C=O) groups is 1. The number of nitrogens with one attached hydrogen (secondary N) is 1. The minimum Gasteiger partial charge on any atom is -0.507 e. The van der Waals surface area contributed by atoms with Crippen molar-refractivity contribution < 1.29 is 18.3 Å². The zero-order valence-corrected chi connectivity index (χ0v) is 9.84. The summed E-state index contributed by atoms with van der Waals surface area (Å²) in [7, 11) is -1.96. The van der Waals surface area contributed by atoms with Crippen molar-refractivity contribution in [1.82, 2.24) is 5.32 Å². The molecule has 0 amide bonds. The van der Waals surface area contributed by atoms with Crippen LogP contribution in [0.1, 0.15) is 10.4 Å². The van der Waals surface area contributed by atoms with Gasteiger partial charge in [0.25, 0.3) is 0 Å². The quantitative estimate of drug-likeness (QED) is 0.738. The highest BCUT2D eigenvalue weighted by Crippen LogP contribution is 2.25. The summed E-state index contributed by atoms with van der Waals surface area (Å²) in [6, 6.07) is 3.98. The zero-order chi connectivity index (χ0) is 12.3. The van der Waals surface area contributed by atoms with Crippen molar-refractivity contribution >= 4 is 15.6 Å². The standard InChI is InChI=1S/C10H13NO4S/c1-11-6-8(13)10-7(12)4-3-5-9(10)16(2,14)15/h3-5,11-12H,6H2,1-2H3. The molecule has 0 aromatic heterocycles. The lowest BCUT2D eigenvalue weighted by Crippen LogP contribution is -2.20. The van der Waals surface area contributed by atoms with E-state index in [0.717, 1.165) is 6.26 Å². The van der Waals surface area contributed by atoms with Gasteiger partial charge in [0, 0.05) is 6.26 Å². The molecular weight excluding hydrogens is 230 g/mol. The van der Waals surface area contributed by atoms with Crippen molar-refractivity contribution in [2.75, 3.05) is 19.8 Å². The zero-order valence-electron chi connectivity index (χ0n) is 9.02. The van der Waals surface area contributed by atoms with Crippen molar-refractivity contribution in [2.45, 2.75) is 4.90 Å². The number of hydrogen-bond donors (Lipinski definition) is 2. The highest BCUT2D eigenvalue weighted by atomic mass is 32.2. The van der Waals surface area contributed by atoms with Crippen LogP contribution < -0.4 is 5.32 Å². The molecule has 2 N–H and O–H groups in total. The Kier molecular flexibility index (Phi) is 3.66. The van der Waals surface area contributed by atoms with Crippen LogP contribution in [0.25, 0.3) is 0 Å². The van der Waals surface area contributed by atoms with Gasteiger partial charge in [-0.25, -0.2) is 8.42 Å². The second kappa shape index (κ2) is 4.63. The molecule has 0 aliphatic rings. The molecule has 0 radical (unpaired) electrons. The molecule has 5 nitrogen and oxygen atoms in total. The summed E-state index contributed by atoms with van der Waals surface area (Å²) in [5.74, 6) is -0.774. The molecule has 88 valence electrons. The summed E-state index contributed by atoms with van der Waals surface area (Å²) in [4.78, 5) is 11.5. The number of phenolic OH excluding ortho intramolecular Hbond substituents is 1. The lowest BCUT2D eigenvalue weighted by molar-refractivity contribution is 0.0987. The Bertz CT molecular complexity index is 508. The molecule has 6 heteroatoms. The Morgan fingerprint density at radius 2 is 2.06 bits per heavy atom. The maximum absolute atomic E-state index is 11.6. The van der Waals surface area contributed by atoms with Gasteiger partial charge in [-0.15, -0.1) is 0 Å². The molecule has 1 aromatic rings. The first-order valence-electron chi connectivity index (χ1n) is 4.57.